The van der Waals surface area contributed by atoms with Crippen molar-refractivity contribution in [2.45, 2.75) is 37.6 Å². The molecule has 0 spiro atoms. The van der Waals surface area contributed by atoms with E-state index < -0.39 is 30.7 Å². The van der Waals surface area contributed by atoms with Crippen LogP contribution in [0.2, 0.25) is 0 Å². The Labute approximate surface area is 160 Å². The zero-order valence-corrected chi connectivity index (χ0v) is 15.5. The first kappa shape index (κ1) is 18.8. The number of aliphatic hydroxyl groups excluding tert-OH is 3. The second-order valence-corrected chi connectivity index (χ2v) is 6.58. The van der Waals surface area contributed by atoms with Gasteiger partial charge in [0, 0.05) is 5.39 Å². The second kappa shape index (κ2) is 7.10. The second-order valence-electron chi connectivity index (χ2n) is 6.58. The van der Waals surface area contributed by atoms with Gasteiger partial charge in [-0.1, -0.05) is 0 Å². The number of rotatable bonds is 4. The van der Waals surface area contributed by atoms with Crippen molar-refractivity contribution in [3.63, 3.8) is 0 Å². The molecular formula is C19H21NO8. The molecule has 5 atom stereocenters. The summed E-state index contributed by atoms with van der Waals surface area (Å²) in [5, 5.41) is 31.4. The molecule has 1 aromatic carbocycles. The van der Waals surface area contributed by atoms with Gasteiger partial charge in [-0.2, -0.15) is 0 Å². The summed E-state index contributed by atoms with van der Waals surface area (Å²) >= 11 is 0. The number of furan rings is 1. The summed E-state index contributed by atoms with van der Waals surface area (Å²) in [5.74, 6) is 1.12. The SMILES string of the molecule is COc1c2ccoc2nc2c(OC)c(O[C@@H]3O[C@H](C)[C@H](O)[C@H](O)[C@@H]3O)ccc12. The number of pyridine rings is 1. The number of aromatic nitrogens is 1. The topological polar surface area (TPSA) is 124 Å². The fraction of sp³-hybridized carbons (Fsp3) is 0.421. The van der Waals surface area contributed by atoms with Gasteiger partial charge in [0.2, 0.25) is 12.0 Å². The summed E-state index contributed by atoms with van der Waals surface area (Å²) in [4.78, 5) is 4.49. The van der Waals surface area contributed by atoms with Crippen LogP contribution in [0.15, 0.2) is 28.9 Å². The average molecular weight is 391 g/mol. The number of ether oxygens (including phenoxy) is 4. The highest BCUT2D eigenvalue weighted by atomic mass is 16.7. The van der Waals surface area contributed by atoms with Gasteiger partial charge in [0.05, 0.1) is 32.0 Å². The van der Waals surface area contributed by atoms with Crippen LogP contribution >= 0.6 is 0 Å². The lowest BCUT2D eigenvalue weighted by Gasteiger charge is -2.39. The smallest absolute Gasteiger partial charge is 0.230 e. The van der Waals surface area contributed by atoms with Crippen molar-refractivity contribution in [1.29, 1.82) is 0 Å². The highest BCUT2D eigenvalue weighted by molar-refractivity contribution is 6.02. The third-order valence-electron chi connectivity index (χ3n) is 4.90. The molecule has 150 valence electrons. The van der Waals surface area contributed by atoms with Crippen LogP contribution in [-0.2, 0) is 4.74 Å². The van der Waals surface area contributed by atoms with Gasteiger partial charge in [0.15, 0.2) is 11.5 Å². The molecule has 1 aliphatic heterocycles. The highest BCUT2D eigenvalue weighted by Gasteiger charge is 2.43. The van der Waals surface area contributed by atoms with Gasteiger partial charge in [-0.3, -0.25) is 0 Å². The predicted molar refractivity (Wildman–Crippen MR) is 97.6 cm³/mol. The van der Waals surface area contributed by atoms with Crippen LogP contribution in [0, 0.1) is 0 Å². The van der Waals surface area contributed by atoms with E-state index in [9.17, 15) is 15.3 Å². The molecule has 28 heavy (non-hydrogen) atoms. The maximum atomic E-state index is 10.2. The van der Waals surface area contributed by atoms with Gasteiger partial charge in [-0.25, -0.2) is 4.98 Å². The van der Waals surface area contributed by atoms with Crippen molar-refractivity contribution in [1.82, 2.24) is 4.98 Å². The minimum atomic E-state index is -1.44. The quantitative estimate of drug-likeness (QED) is 0.602. The Kier molecular flexibility index (Phi) is 4.76. The van der Waals surface area contributed by atoms with Crippen molar-refractivity contribution >= 4 is 22.0 Å². The van der Waals surface area contributed by atoms with Gasteiger partial charge < -0.3 is 38.7 Å². The van der Waals surface area contributed by atoms with Crippen molar-refractivity contribution in [3.8, 4) is 17.2 Å². The van der Waals surface area contributed by atoms with Crippen LogP contribution in [0.1, 0.15) is 6.92 Å². The summed E-state index contributed by atoms with van der Waals surface area (Å²) in [6, 6.07) is 5.14. The first-order valence-electron chi connectivity index (χ1n) is 8.74. The van der Waals surface area contributed by atoms with Crippen LogP contribution in [0.4, 0.5) is 0 Å². The Morgan fingerprint density at radius 3 is 2.39 bits per heavy atom. The van der Waals surface area contributed by atoms with Gasteiger partial charge >= 0.3 is 0 Å². The lowest BCUT2D eigenvalue weighted by Crippen LogP contribution is -2.58. The number of hydrogen-bond acceptors (Lipinski definition) is 9. The fourth-order valence-electron chi connectivity index (χ4n) is 3.40. The van der Waals surface area contributed by atoms with Crippen molar-refractivity contribution in [2.24, 2.45) is 0 Å². The van der Waals surface area contributed by atoms with Gasteiger partial charge in [0.25, 0.3) is 0 Å². The summed E-state index contributed by atoms with van der Waals surface area (Å²) < 4.78 is 27.7. The Hall–Kier alpha value is -2.59. The third kappa shape index (κ3) is 2.83. The minimum Gasteiger partial charge on any atom is -0.495 e. The molecule has 4 rings (SSSR count). The molecule has 3 aromatic rings. The van der Waals surface area contributed by atoms with E-state index in [0.29, 0.717) is 22.4 Å². The molecule has 9 nitrogen and oxygen atoms in total. The van der Waals surface area contributed by atoms with Gasteiger partial charge in [-0.15, -0.1) is 0 Å². The first-order chi connectivity index (χ1) is 13.5. The Bertz CT molecular complexity index is 1000. The molecule has 0 amide bonds. The summed E-state index contributed by atoms with van der Waals surface area (Å²) in [6.45, 7) is 1.58. The minimum absolute atomic E-state index is 0.246. The summed E-state index contributed by atoms with van der Waals surface area (Å²) in [5.41, 5.74) is 0.819. The molecule has 9 heteroatoms. The molecule has 3 heterocycles. The number of aliphatic hydroxyl groups is 3. The fourth-order valence-corrected chi connectivity index (χ4v) is 3.40. The van der Waals surface area contributed by atoms with E-state index in [0.717, 1.165) is 5.39 Å². The van der Waals surface area contributed by atoms with Crippen molar-refractivity contribution < 1.29 is 38.7 Å². The number of nitrogens with zero attached hydrogens (tertiary/aromatic N) is 1. The molecular weight excluding hydrogens is 370 g/mol. The van der Waals surface area contributed by atoms with E-state index in [1.807, 2.05) is 0 Å². The maximum absolute atomic E-state index is 10.2. The molecule has 3 N–H and O–H groups in total. The number of benzene rings is 1. The molecule has 0 aliphatic carbocycles. The predicted octanol–water partition coefficient (Wildman–Crippen LogP) is 1.20. The standard InChI is InChI=1S/C19H21NO8/c1-8-13(21)14(22)15(23)19(27-8)28-11-5-4-9-12(17(11)25-3)20-18-10(6-7-26-18)16(9)24-2/h4-8,13-15,19,21-23H,1-3H3/t8-,13+,14+,15+,19+/m1/s1. The molecule has 2 aromatic heterocycles. The summed E-state index contributed by atoms with van der Waals surface area (Å²) in [7, 11) is 3.01. The molecule has 1 aliphatic rings. The Morgan fingerprint density at radius 1 is 0.929 bits per heavy atom. The van der Waals surface area contributed by atoms with Crippen LogP contribution in [0.25, 0.3) is 22.0 Å². The lowest BCUT2D eigenvalue weighted by molar-refractivity contribution is -0.268. The van der Waals surface area contributed by atoms with Crippen LogP contribution in [0.3, 0.4) is 0 Å². The average Bonchev–Trinajstić information content (AvgIpc) is 3.16. The number of fused-ring (bicyclic) bond motifs is 2. The molecule has 0 radical (unpaired) electrons. The maximum Gasteiger partial charge on any atom is 0.230 e. The van der Waals surface area contributed by atoms with Crippen LogP contribution in [-0.4, -0.2) is 65.2 Å². The van der Waals surface area contributed by atoms with E-state index >= 15 is 0 Å². The van der Waals surface area contributed by atoms with E-state index in [1.54, 1.807) is 32.2 Å². The third-order valence-corrected chi connectivity index (χ3v) is 4.90. The summed E-state index contributed by atoms with van der Waals surface area (Å²) in [6.07, 6.45) is -4.47. The van der Waals surface area contributed by atoms with Crippen molar-refractivity contribution in [3.05, 3.63) is 24.5 Å². The van der Waals surface area contributed by atoms with E-state index in [2.05, 4.69) is 4.98 Å². The van der Waals surface area contributed by atoms with Crippen molar-refractivity contribution in [2.75, 3.05) is 14.2 Å². The van der Waals surface area contributed by atoms with Gasteiger partial charge in [0.1, 0.15) is 29.6 Å². The van der Waals surface area contributed by atoms with Crippen LogP contribution < -0.4 is 14.2 Å². The number of hydrogen-bond donors (Lipinski definition) is 3. The molecule has 0 unspecified atom stereocenters. The van der Waals surface area contributed by atoms with Gasteiger partial charge in [-0.05, 0) is 25.1 Å². The Balaban J connectivity index is 1.79. The largest absolute Gasteiger partial charge is 0.495 e. The molecule has 1 fully saturated rings. The normalized spacial score (nSPS) is 27.9. The molecule has 0 bridgehead atoms. The monoisotopic (exact) mass is 391 g/mol. The van der Waals surface area contributed by atoms with E-state index in [1.165, 1.54) is 13.4 Å². The van der Waals surface area contributed by atoms with E-state index in [-0.39, 0.29) is 11.5 Å². The zero-order valence-electron chi connectivity index (χ0n) is 15.5. The number of methoxy groups -OCH3 is 2. The Morgan fingerprint density at radius 2 is 1.68 bits per heavy atom. The van der Waals surface area contributed by atoms with Crippen LogP contribution in [0.5, 0.6) is 17.2 Å². The molecule has 1 saturated heterocycles. The lowest BCUT2D eigenvalue weighted by atomic mass is 10.00. The highest BCUT2D eigenvalue weighted by Crippen LogP contribution is 2.42. The first-order valence-corrected chi connectivity index (χ1v) is 8.74. The zero-order chi connectivity index (χ0) is 20.0. The molecule has 0 saturated carbocycles. The van der Waals surface area contributed by atoms with E-state index in [4.69, 9.17) is 23.4 Å².